The second kappa shape index (κ2) is 7.46. The number of aryl methyl sites for hydroxylation is 2. The molecule has 1 aromatic rings. The molecule has 17 heavy (non-hydrogen) atoms. The molecule has 1 unspecified atom stereocenters. The molecule has 1 rings (SSSR count). The van der Waals surface area contributed by atoms with E-state index < -0.39 is 0 Å². The summed E-state index contributed by atoms with van der Waals surface area (Å²) in [6, 6.07) is 6.96. The van der Waals surface area contributed by atoms with Crippen LogP contribution in [-0.2, 0) is 4.74 Å². The highest BCUT2D eigenvalue weighted by Gasteiger charge is 2.10. The summed E-state index contributed by atoms with van der Waals surface area (Å²) in [5.74, 6) is 0. The fourth-order valence-corrected chi connectivity index (χ4v) is 1.85. The predicted molar refractivity (Wildman–Crippen MR) is 73.4 cm³/mol. The molecule has 2 nitrogen and oxygen atoms in total. The average molecular weight is 235 g/mol. The molecular weight excluding hydrogens is 210 g/mol. The first-order chi connectivity index (χ1) is 8.19. The summed E-state index contributed by atoms with van der Waals surface area (Å²) in [7, 11) is 0. The minimum absolute atomic E-state index is 0.311. The Labute approximate surface area is 105 Å². The smallest absolute Gasteiger partial charge is 0.0661 e. The lowest BCUT2D eigenvalue weighted by atomic mass is 10.0. The number of nitrogens with one attached hydrogen (secondary N) is 1. The Bertz CT molecular complexity index is 336. The normalized spacial score (nSPS) is 12.7. The van der Waals surface area contributed by atoms with Crippen LogP contribution in [0.1, 0.15) is 43.0 Å². The molecule has 0 bridgehead atoms. The minimum atomic E-state index is 0.311. The van der Waals surface area contributed by atoms with Crippen LogP contribution in [0.3, 0.4) is 0 Å². The molecule has 0 amide bonds. The van der Waals surface area contributed by atoms with E-state index in [-0.39, 0.29) is 0 Å². The Hall–Kier alpha value is -0.860. The van der Waals surface area contributed by atoms with Crippen molar-refractivity contribution in [3.63, 3.8) is 0 Å². The molecular formula is C15H25NO. The van der Waals surface area contributed by atoms with Gasteiger partial charge in [-0.3, -0.25) is 0 Å². The largest absolute Gasteiger partial charge is 0.379 e. The van der Waals surface area contributed by atoms with E-state index in [9.17, 15) is 0 Å². The third kappa shape index (κ3) is 4.49. The molecule has 0 aliphatic rings. The van der Waals surface area contributed by atoms with Crippen LogP contribution in [0.4, 0.5) is 0 Å². The third-order valence-corrected chi connectivity index (χ3v) is 3.02. The van der Waals surface area contributed by atoms with Crippen LogP contribution in [-0.4, -0.2) is 19.8 Å². The van der Waals surface area contributed by atoms with Gasteiger partial charge >= 0.3 is 0 Å². The van der Waals surface area contributed by atoms with E-state index in [1.165, 1.54) is 16.7 Å². The molecule has 0 fully saturated rings. The molecule has 2 heteroatoms. The first-order valence-electron chi connectivity index (χ1n) is 6.57. The van der Waals surface area contributed by atoms with Gasteiger partial charge in [-0.15, -0.1) is 0 Å². The van der Waals surface area contributed by atoms with Gasteiger partial charge in [0.2, 0.25) is 0 Å². The molecule has 0 saturated heterocycles. The molecule has 1 atom stereocenters. The molecule has 0 radical (unpaired) electrons. The van der Waals surface area contributed by atoms with Gasteiger partial charge in [-0.05, 0) is 43.5 Å². The fraction of sp³-hybridized carbons (Fsp3) is 0.600. The molecule has 0 aliphatic heterocycles. The number of ether oxygens (including phenoxy) is 1. The number of benzene rings is 1. The van der Waals surface area contributed by atoms with Crippen LogP contribution in [0.15, 0.2) is 18.2 Å². The van der Waals surface area contributed by atoms with Crippen LogP contribution >= 0.6 is 0 Å². The second-order valence-electron chi connectivity index (χ2n) is 4.53. The van der Waals surface area contributed by atoms with E-state index in [1.54, 1.807) is 0 Å². The number of hydrogen-bond donors (Lipinski definition) is 1. The Morgan fingerprint density at radius 3 is 2.53 bits per heavy atom. The molecule has 0 saturated carbocycles. The zero-order valence-corrected chi connectivity index (χ0v) is 11.5. The lowest BCUT2D eigenvalue weighted by Crippen LogP contribution is -2.25. The first-order valence-corrected chi connectivity index (χ1v) is 6.57. The maximum Gasteiger partial charge on any atom is 0.0661 e. The summed E-state index contributed by atoms with van der Waals surface area (Å²) in [4.78, 5) is 0. The number of likely N-dealkylation sites (N-methyl/N-ethyl adjacent to an activating group) is 1. The second-order valence-corrected chi connectivity index (χ2v) is 4.53. The lowest BCUT2D eigenvalue weighted by molar-refractivity contribution is 0.112. The predicted octanol–water partition coefficient (Wildman–Crippen LogP) is 3.38. The SMILES string of the molecule is CCCOCC(NCC)c1ccc(C)c(C)c1. The van der Waals surface area contributed by atoms with Crippen LogP contribution < -0.4 is 5.32 Å². The highest BCUT2D eigenvalue weighted by molar-refractivity contribution is 5.31. The van der Waals surface area contributed by atoms with Gasteiger partial charge < -0.3 is 10.1 Å². The Kier molecular flexibility index (Phi) is 6.23. The summed E-state index contributed by atoms with van der Waals surface area (Å²) in [6.07, 6.45) is 1.08. The van der Waals surface area contributed by atoms with Crippen molar-refractivity contribution in [2.24, 2.45) is 0 Å². The van der Waals surface area contributed by atoms with E-state index in [1.807, 2.05) is 0 Å². The van der Waals surface area contributed by atoms with Gasteiger partial charge in [0.1, 0.15) is 0 Å². The van der Waals surface area contributed by atoms with Crippen molar-refractivity contribution in [1.29, 1.82) is 0 Å². The summed E-state index contributed by atoms with van der Waals surface area (Å²) < 4.78 is 5.66. The van der Waals surface area contributed by atoms with Gasteiger partial charge in [0.05, 0.1) is 12.6 Å². The third-order valence-electron chi connectivity index (χ3n) is 3.02. The quantitative estimate of drug-likeness (QED) is 0.732. The molecule has 0 heterocycles. The van der Waals surface area contributed by atoms with Gasteiger partial charge in [0, 0.05) is 6.61 Å². The van der Waals surface area contributed by atoms with E-state index in [4.69, 9.17) is 4.74 Å². The summed E-state index contributed by atoms with van der Waals surface area (Å²) >= 11 is 0. The van der Waals surface area contributed by atoms with E-state index in [0.29, 0.717) is 6.04 Å². The summed E-state index contributed by atoms with van der Waals surface area (Å²) in [5, 5.41) is 3.48. The molecule has 96 valence electrons. The van der Waals surface area contributed by atoms with Crippen LogP contribution in [0.25, 0.3) is 0 Å². The number of hydrogen-bond acceptors (Lipinski definition) is 2. The van der Waals surface area contributed by atoms with E-state index in [2.05, 4.69) is 51.2 Å². The zero-order valence-electron chi connectivity index (χ0n) is 11.5. The van der Waals surface area contributed by atoms with Gasteiger partial charge in [0.15, 0.2) is 0 Å². The van der Waals surface area contributed by atoms with E-state index >= 15 is 0 Å². The van der Waals surface area contributed by atoms with Crippen molar-refractivity contribution < 1.29 is 4.74 Å². The molecule has 0 spiro atoms. The molecule has 0 aromatic heterocycles. The van der Waals surface area contributed by atoms with Crippen molar-refractivity contribution in [2.45, 2.75) is 40.2 Å². The van der Waals surface area contributed by atoms with Gasteiger partial charge in [0.25, 0.3) is 0 Å². The van der Waals surface area contributed by atoms with Crippen molar-refractivity contribution in [2.75, 3.05) is 19.8 Å². The summed E-state index contributed by atoms with van der Waals surface area (Å²) in [6.45, 7) is 11.1. The standard InChI is InChI=1S/C15H25NO/c1-5-9-17-11-15(16-6-2)14-8-7-12(3)13(4)10-14/h7-8,10,15-16H,5-6,9,11H2,1-4H3. The number of rotatable bonds is 7. The van der Waals surface area contributed by atoms with Crippen molar-refractivity contribution in [3.05, 3.63) is 34.9 Å². The molecule has 0 aliphatic carbocycles. The summed E-state index contributed by atoms with van der Waals surface area (Å²) in [5.41, 5.74) is 4.02. The van der Waals surface area contributed by atoms with Crippen molar-refractivity contribution in [1.82, 2.24) is 5.32 Å². The Morgan fingerprint density at radius 1 is 1.18 bits per heavy atom. The molecule has 1 N–H and O–H groups in total. The van der Waals surface area contributed by atoms with Crippen LogP contribution in [0, 0.1) is 13.8 Å². The van der Waals surface area contributed by atoms with Gasteiger partial charge in [-0.1, -0.05) is 32.0 Å². The zero-order chi connectivity index (χ0) is 12.7. The van der Waals surface area contributed by atoms with Gasteiger partial charge in [-0.25, -0.2) is 0 Å². The van der Waals surface area contributed by atoms with Crippen LogP contribution in [0.2, 0.25) is 0 Å². The minimum Gasteiger partial charge on any atom is -0.379 e. The molecule has 1 aromatic carbocycles. The average Bonchev–Trinajstić information content (AvgIpc) is 2.32. The van der Waals surface area contributed by atoms with Gasteiger partial charge in [-0.2, -0.15) is 0 Å². The Balaban J connectivity index is 2.70. The van der Waals surface area contributed by atoms with Crippen LogP contribution in [0.5, 0.6) is 0 Å². The Morgan fingerprint density at radius 2 is 1.94 bits per heavy atom. The van der Waals surface area contributed by atoms with Crippen molar-refractivity contribution in [3.8, 4) is 0 Å². The fourth-order valence-electron chi connectivity index (χ4n) is 1.85. The maximum atomic E-state index is 5.66. The highest BCUT2D eigenvalue weighted by Crippen LogP contribution is 2.17. The lowest BCUT2D eigenvalue weighted by Gasteiger charge is -2.19. The first kappa shape index (κ1) is 14.2. The van der Waals surface area contributed by atoms with Crippen molar-refractivity contribution >= 4 is 0 Å². The maximum absolute atomic E-state index is 5.66. The van der Waals surface area contributed by atoms with E-state index in [0.717, 1.165) is 26.2 Å². The highest BCUT2D eigenvalue weighted by atomic mass is 16.5. The topological polar surface area (TPSA) is 21.3 Å². The monoisotopic (exact) mass is 235 g/mol.